The molecule has 0 unspecified atom stereocenters. The largest absolute Gasteiger partial charge is 0.462 e. The molecule has 1 aliphatic carbocycles. The van der Waals surface area contributed by atoms with Gasteiger partial charge in [0.2, 0.25) is 0 Å². The summed E-state index contributed by atoms with van der Waals surface area (Å²) in [5, 5.41) is 0. The summed E-state index contributed by atoms with van der Waals surface area (Å²) in [7, 11) is 0. The van der Waals surface area contributed by atoms with E-state index in [9.17, 15) is 14.4 Å². The van der Waals surface area contributed by atoms with Crippen LogP contribution in [0.5, 0.6) is 0 Å². The van der Waals surface area contributed by atoms with E-state index in [0.717, 1.165) is 24.0 Å². The maximum Gasteiger partial charge on any atom is 0.343 e. The highest BCUT2D eigenvalue weighted by atomic mass is 19.1. The average molecular weight is 494 g/mol. The van der Waals surface area contributed by atoms with Crippen LogP contribution in [0.2, 0.25) is 0 Å². The van der Waals surface area contributed by atoms with Gasteiger partial charge >= 0.3 is 11.9 Å². The summed E-state index contributed by atoms with van der Waals surface area (Å²) in [5.74, 6) is -1.28. The molecule has 190 valence electrons. The van der Waals surface area contributed by atoms with Crippen molar-refractivity contribution in [2.75, 3.05) is 6.61 Å². The average Bonchev–Trinajstić information content (AvgIpc) is 3.63. The van der Waals surface area contributed by atoms with Crippen LogP contribution in [0.1, 0.15) is 79.9 Å². The Labute approximate surface area is 210 Å². The Kier molecular flexibility index (Phi) is 7.03. The number of hydrogen-bond donors (Lipinski definition) is 0. The van der Waals surface area contributed by atoms with Gasteiger partial charge in [0, 0.05) is 18.2 Å². The second-order valence-electron chi connectivity index (χ2n) is 10.3. The van der Waals surface area contributed by atoms with Crippen molar-refractivity contribution >= 4 is 17.5 Å². The molecule has 0 saturated heterocycles. The van der Waals surface area contributed by atoms with Crippen LogP contribution in [-0.4, -0.2) is 28.5 Å². The number of halogens is 1. The van der Waals surface area contributed by atoms with Crippen LogP contribution in [0.15, 0.2) is 41.3 Å². The number of ether oxygens (including phenoxy) is 2. The molecule has 2 heterocycles. The molecule has 36 heavy (non-hydrogen) atoms. The van der Waals surface area contributed by atoms with Gasteiger partial charge in [-0.1, -0.05) is 24.3 Å². The quantitative estimate of drug-likeness (QED) is 0.392. The minimum atomic E-state index is -0.692. The molecule has 0 radical (unpaired) electrons. The predicted molar refractivity (Wildman–Crippen MR) is 136 cm³/mol. The zero-order chi connectivity index (χ0) is 26.2. The van der Waals surface area contributed by atoms with E-state index < -0.39 is 22.9 Å². The van der Waals surface area contributed by atoms with Gasteiger partial charge in [-0.2, -0.15) is 0 Å². The van der Waals surface area contributed by atoms with Crippen molar-refractivity contribution in [1.82, 2.24) is 4.40 Å². The highest BCUT2D eigenvalue weighted by Gasteiger charge is 2.30. The molecule has 1 aromatic carbocycles. The molecule has 2 aromatic heterocycles. The van der Waals surface area contributed by atoms with Gasteiger partial charge in [0.25, 0.3) is 5.56 Å². The first-order valence-corrected chi connectivity index (χ1v) is 12.4. The van der Waals surface area contributed by atoms with Crippen molar-refractivity contribution in [3.8, 4) is 11.1 Å². The summed E-state index contributed by atoms with van der Waals surface area (Å²) < 4.78 is 27.1. The highest BCUT2D eigenvalue weighted by molar-refractivity contribution is 5.91. The summed E-state index contributed by atoms with van der Waals surface area (Å²) in [5.41, 5.74) is 3.01. The summed E-state index contributed by atoms with van der Waals surface area (Å²) >= 11 is 0. The maximum absolute atomic E-state index is 15.5. The van der Waals surface area contributed by atoms with Crippen LogP contribution in [-0.2, 0) is 20.7 Å². The first-order chi connectivity index (χ1) is 17.0. The number of aromatic nitrogens is 1. The molecule has 0 amide bonds. The number of benzene rings is 1. The summed E-state index contributed by atoms with van der Waals surface area (Å²) in [6.07, 6.45) is 3.86. The smallest absolute Gasteiger partial charge is 0.343 e. The van der Waals surface area contributed by atoms with E-state index >= 15 is 4.39 Å². The Morgan fingerprint density at radius 3 is 2.39 bits per heavy atom. The van der Waals surface area contributed by atoms with E-state index in [1.54, 1.807) is 19.9 Å². The Morgan fingerprint density at radius 2 is 1.81 bits per heavy atom. The lowest BCUT2D eigenvalue weighted by molar-refractivity contribution is -0.154. The van der Waals surface area contributed by atoms with Crippen LogP contribution in [0, 0.1) is 12.7 Å². The summed E-state index contributed by atoms with van der Waals surface area (Å²) in [4.78, 5) is 37.5. The van der Waals surface area contributed by atoms with Crippen LogP contribution in [0.25, 0.3) is 16.6 Å². The Balaban J connectivity index is 1.71. The Morgan fingerprint density at radius 1 is 1.14 bits per heavy atom. The summed E-state index contributed by atoms with van der Waals surface area (Å²) in [6, 6.07) is 9.03. The molecule has 4 rings (SSSR count). The van der Waals surface area contributed by atoms with Crippen LogP contribution >= 0.6 is 0 Å². The number of carbonyl (C=O) groups is 2. The van der Waals surface area contributed by atoms with Crippen molar-refractivity contribution in [2.24, 2.45) is 0 Å². The highest BCUT2D eigenvalue weighted by Crippen LogP contribution is 2.44. The number of carbonyl (C=O) groups excluding carboxylic acids is 2. The first-order valence-electron chi connectivity index (χ1n) is 12.4. The van der Waals surface area contributed by atoms with Crippen molar-refractivity contribution in [3.63, 3.8) is 0 Å². The molecule has 0 atom stereocenters. The van der Waals surface area contributed by atoms with Gasteiger partial charge in [-0.15, -0.1) is 0 Å². The molecule has 1 saturated carbocycles. The SMILES string of the molecule is CCOC(=O)c1cc(C2CC2)c2c(C)c(-c3ccc(CCC(=O)OC(C)(C)C)cc3)c(F)cn2c1=O. The number of rotatable bonds is 7. The van der Waals surface area contributed by atoms with Crippen molar-refractivity contribution in [1.29, 1.82) is 0 Å². The minimum Gasteiger partial charge on any atom is -0.462 e. The summed E-state index contributed by atoms with van der Waals surface area (Å²) in [6.45, 7) is 9.14. The number of fused-ring (bicyclic) bond motifs is 1. The first kappa shape index (κ1) is 25.6. The van der Waals surface area contributed by atoms with Crippen molar-refractivity contribution < 1.29 is 23.5 Å². The zero-order valence-corrected chi connectivity index (χ0v) is 21.4. The molecule has 1 aliphatic rings. The monoisotopic (exact) mass is 493 g/mol. The lowest BCUT2D eigenvalue weighted by Gasteiger charge is -2.19. The van der Waals surface area contributed by atoms with Gasteiger partial charge in [-0.25, -0.2) is 9.18 Å². The predicted octanol–water partition coefficient (Wildman–Crippen LogP) is 5.74. The molecule has 6 nitrogen and oxygen atoms in total. The van der Waals surface area contributed by atoms with Crippen molar-refractivity contribution in [3.05, 3.63) is 75.0 Å². The lowest BCUT2D eigenvalue weighted by Crippen LogP contribution is -2.25. The van der Waals surface area contributed by atoms with Gasteiger partial charge in [0.05, 0.1) is 12.1 Å². The molecule has 0 aliphatic heterocycles. The molecule has 0 bridgehead atoms. The standard InChI is InChI=1S/C29H32FNO5/c1-6-35-28(34)22-15-21(19-12-13-19)26-17(2)25(23(30)16-31(26)27(22)33)20-10-7-18(8-11-20)9-14-24(32)36-29(3,4)5/h7-8,10-11,15-16,19H,6,9,12-14H2,1-5H3. The van der Waals surface area contributed by atoms with E-state index in [1.807, 2.05) is 45.0 Å². The fourth-order valence-electron chi connectivity index (χ4n) is 4.54. The van der Waals surface area contributed by atoms with Crippen LogP contribution in [0.4, 0.5) is 4.39 Å². The second kappa shape index (κ2) is 9.88. The molecule has 0 spiro atoms. The number of pyridine rings is 2. The molecule has 3 aromatic rings. The van der Waals surface area contributed by atoms with Gasteiger partial charge in [0.15, 0.2) is 0 Å². The van der Waals surface area contributed by atoms with E-state index in [-0.39, 0.29) is 30.5 Å². The maximum atomic E-state index is 15.5. The van der Waals surface area contributed by atoms with Crippen molar-refractivity contribution in [2.45, 2.75) is 71.8 Å². The third-order valence-electron chi connectivity index (χ3n) is 6.27. The minimum absolute atomic E-state index is 0.0721. The van der Waals surface area contributed by atoms with E-state index in [2.05, 4.69) is 0 Å². The molecular weight excluding hydrogens is 461 g/mol. The third kappa shape index (κ3) is 5.35. The van der Waals surface area contributed by atoms with Gasteiger partial charge < -0.3 is 9.47 Å². The zero-order valence-electron chi connectivity index (χ0n) is 21.4. The van der Waals surface area contributed by atoms with E-state index in [0.29, 0.717) is 28.6 Å². The molecule has 7 heteroatoms. The lowest BCUT2D eigenvalue weighted by atomic mass is 9.95. The second-order valence-corrected chi connectivity index (χ2v) is 10.3. The topological polar surface area (TPSA) is 74.1 Å². The molecule has 0 N–H and O–H groups in total. The number of hydrogen-bond acceptors (Lipinski definition) is 5. The van der Waals surface area contributed by atoms with E-state index in [1.165, 1.54) is 10.6 Å². The number of esters is 2. The third-order valence-corrected chi connectivity index (χ3v) is 6.27. The van der Waals surface area contributed by atoms with Gasteiger partial charge in [-0.05, 0) is 88.1 Å². The van der Waals surface area contributed by atoms with E-state index in [4.69, 9.17) is 9.47 Å². The normalized spacial score (nSPS) is 13.6. The number of aryl methyl sites for hydroxylation is 2. The van der Waals surface area contributed by atoms with Crippen LogP contribution < -0.4 is 5.56 Å². The van der Waals surface area contributed by atoms with Crippen LogP contribution in [0.3, 0.4) is 0 Å². The fraction of sp³-hybridized carbons (Fsp3) is 0.414. The molecule has 1 fully saturated rings. The van der Waals surface area contributed by atoms with Gasteiger partial charge in [0.1, 0.15) is 17.0 Å². The Bertz CT molecular complexity index is 1380. The Hall–Kier alpha value is -3.48. The number of nitrogens with zero attached hydrogens (tertiary/aromatic N) is 1. The fourth-order valence-corrected chi connectivity index (χ4v) is 4.54. The molecular formula is C29H32FNO5. The van der Waals surface area contributed by atoms with Gasteiger partial charge in [-0.3, -0.25) is 14.0 Å².